The van der Waals surface area contributed by atoms with E-state index in [2.05, 4.69) is 55.9 Å². The Bertz CT molecular complexity index is 337. The molecule has 2 atom stereocenters. The Kier molecular flexibility index (Phi) is 4.11. The zero-order chi connectivity index (χ0) is 11.7. The molecule has 3 nitrogen and oxygen atoms in total. The van der Waals surface area contributed by atoms with Crippen LogP contribution in [0.15, 0.2) is 19.6 Å². The average Bonchev–Trinajstić information content (AvgIpc) is 2.43. The third-order valence-corrected chi connectivity index (χ3v) is 4.42. The minimum Gasteiger partial charge on any atom is -0.452 e. The number of furan rings is 1. The van der Waals surface area contributed by atoms with Crippen LogP contribution in [0.3, 0.4) is 0 Å². The van der Waals surface area contributed by atoms with Crippen LogP contribution in [-0.2, 0) is 6.54 Å². The summed E-state index contributed by atoms with van der Waals surface area (Å²) < 4.78 is 7.36. The smallest absolute Gasteiger partial charge is 0.183 e. The van der Waals surface area contributed by atoms with Gasteiger partial charge in [0.15, 0.2) is 4.67 Å². The maximum absolute atomic E-state index is 5.60. The first-order valence-corrected chi connectivity index (χ1v) is 7.05. The van der Waals surface area contributed by atoms with Gasteiger partial charge in [-0.2, -0.15) is 0 Å². The van der Waals surface area contributed by atoms with E-state index in [1.807, 2.05) is 6.07 Å². The second-order valence-corrected chi connectivity index (χ2v) is 6.07. The molecule has 90 valence electrons. The predicted molar refractivity (Wildman–Crippen MR) is 71.4 cm³/mol. The molecule has 0 amide bonds. The fourth-order valence-corrected chi connectivity index (χ4v) is 2.92. The van der Waals surface area contributed by atoms with Gasteiger partial charge in [0.1, 0.15) is 5.76 Å². The monoisotopic (exact) mass is 350 g/mol. The number of nitrogens with zero attached hydrogens (tertiary/aromatic N) is 1. The molecule has 0 aromatic carbocycles. The highest BCUT2D eigenvalue weighted by molar-refractivity contribution is 9.13. The Morgan fingerprint density at radius 3 is 2.50 bits per heavy atom. The molecule has 2 rings (SSSR count). The summed E-state index contributed by atoms with van der Waals surface area (Å²) in [5, 5.41) is 3.52. The molecule has 0 radical (unpaired) electrons. The van der Waals surface area contributed by atoms with Crippen LogP contribution in [0.5, 0.6) is 0 Å². The number of halogens is 2. The van der Waals surface area contributed by atoms with Crippen LogP contribution in [0.1, 0.15) is 19.6 Å². The van der Waals surface area contributed by atoms with Gasteiger partial charge >= 0.3 is 0 Å². The van der Waals surface area contributed by atoms with E-state index in [9.17, 15) is 0 Å². The maximum atomic E-state index is 5.60. The predicted octanol–water partition coefficient (Wildman–Crippen LogP) is 2.99. The topological polar surface area (TPSA) is 28.4 Å². The summed E-state index contributed by atoms with van der Waals surface area (Å²) in [7, 11) is 0. The quantitative estimate of drug-likeness (QED) is 0.887. The highest BCUT2D eigenvalue weighted by atomic mass is 79.9. The van der Waals surface area contributed by atoms with Crippen molar-refractivity contribution >= 4 is 31.9 Å². The van der Waals surface area contributed by atoms with E-state index in [1.54, 1.807) is 0 Å². The van der Waals surface area contributed by atoms with Gasteiger partial charge in [-0.15, -0.1) is 0 Å². The normalized spacial score (nSPS) is 27.2. The molecule has 1 aromatic heterocycles. The minimum atomic E-state index is 0.547. The summed E-state index contributed by atoms with van der Waals surface area (Å²) in [5.74, 6) is 1.00. The van der Waals surface area contributed by atoms with E-state index in [0.29, 0.717) is 12.1 Å². The molecule has 2 unspecified atom stereocenters. The summed E-state index contributed by atoms with van der Waals surface area (Å²) in [5.41, 5.74) is 0. The molecular formula is C11H16Br2N2O. The first-order valence-electron chi connectivity index (χ1n) is 5.46. The zero-order valence-corrected chi connectivity index (χ0v) is 12.6. The van der Waals surface area contributed by atoms with Gasteiger partial charge in [-0.1, -0.05) is 0 Å². The summed E-state index contributed by atoms with van der Waals surface area (Å²) in [4.78, 5) is 2.42. The molecule has 1 aromatic rings. The Morgan fingerprint density at radius 1 is 1.38 bits per heavy atom. The van der Waals surface area contributed by atoms with Crippen molar-refractivity contribution in [3.8, 4) is 0 Å². The van der Waals surface area contributed by atoms with Crippen molar-refractivity contribution < 1.29 is 4.42 Å². The van der Waals surface area contributed by atoms with Crippen molar-refractivity contribution in [3.05, 3.63) is 21.0 Å². The first kappa shape index (κ1) is 12.6. The highest BCUT2D eigenvalue weighted by Gasteiger charge is 2.21. The highest BCUT2D eigenvalue weighted by Crippen LogP contribution is 2.27. The lowest BCUT2D eigenvalue weighted by molar-refractivity contribution is 0.156. The van der Waals surface area contributed by atoms with E-state index < -0.39 is 0 Å². The van der Waals surface area contributed by atoms with Crippen LogP contribution in [0, 0.1) is 0 Å². The van der Waals surface area contributed by atoms with Gasteiger partial charge in [0.25, 0.3) is 0 Å². The number of rotatable bonds is 2. The van der Waals surface area contributed by atoms with E-state index in [0.717, 1.165) is 34.5 Å². The second kappa shape index (κ2) is 5.21. The Hall–Kier alpha value is 0.160. The number of hydrogen-bond donors (Lipinski definition) is 1. The number of piperazine rings is 1. The molecule has 0 bridgehead atoms. The van der Waals surface area contributed by atoms with E-state index >= 15 is 0 Å². The van der Waals surface area contributed by atoms with Crippen LogP contribution in [0.2, 0.25) is 0 Å². The van der Waals surface area contributed by atoms with Gasteiger partial charge in [0.05, 0.1) is 11.0 Å². The molecule has 16 heavy (non-hydrogen) atoms. The molecule has 0 aliphatic carbocycles. The molecule has 1 aliphatic heterocycles. The lowest BCUT2D eigenvalue weighted by Gasteiger charge is -2.35. The Balaban J connectivity index is 1.98. The summed E-state index contributed by atoms with van der Waals surface area (Å²) in [6.07, 6.45) is 0. The number of hydrogen-bond acceptors (Lipinski definition) is 3. The Morgan fingerprint density at radius 2 is 2.00 bits per heavy atom. The van der Waals surface area contributed by atoms with Gasteiger partial charge in [-0.05, 0) is 51.8 Å². The molecule has 1 fully saturated rings. The first-order chi connectivity index (χ1) is 7.54. The molecule has 1 N–H and O–H groups in total. The van der Waals surface area contributed by atoms with Gasteiger partial charge < -0.3 is 9.73 Å². The Labute approximate surface area is 113 Å². The fourth-order valence-electron chi connectivity index (χ4n) is 2.26. The van der Waals surface area contributed by atoms with E-state index in [1.165, 1.54) is 0 Å². The molecule has 1 aliphatic rings. The summed E-state index contributed by atoms with van der Waals surface area (Å²) in [6, 6.07) is 3.12. The van der Waals surface area contributed by atoms with Crippen LogP contribution < -0.4 is 5.32 Å². The van der Waals surface area contributed by atoms with Gasteiger partial charge in [0, 0.05) is 25.2 Å². The van der Waals surface area contributed by atoms with Crippen LogP contribution in [0.25, 0.3) is 0 Å². The standard InChI is InChI=1S/C11H16Br2N2O/c1-7-4-15(5-8(2)14-7)6-9-3-10(12)11(13)16-9/h3,7-8,14H,4-6H2,1-2H3. The van der Waals surface area contributed by atoms with Crippen LogP contribution >= 0.6 is 31.9 Å². The SMILES string of the molecule is CC1CN(Cc2cc(Br)c(Br)o2)CC(C)N1. The molecular weight excluding hydrogens is 336 g/mol. The van der Waals surface area contributed by atoms with Crippen molar-refractivity contribution in [2.75, 3.05) is 13.1 Å². The third-order valence-electron chi connectivity index (χ3n) is 2.71. The summed E-state index contributed by atoms with van der Waals surface area (Å²) in [6.45, 7) is 7.45. The lowest BCUT2D eigenvalue weighted by atomic mass is 10.1. The largest absolute Gasteiger partial charge is 0.452 e. The van der Waals surface area contributed by atoms with Crippen LogP contribution in [-0.4, -0.2) is 30.1 Å². The van der Waals surface area contributed by atoms with Crippen molar-refractivity contribution in [1.82, 2.24) is 10.2 Å². The molecule has 0 spiro atoms. The van der Waals surface area contributed by atoms with Crippen molar-refractivity contribution in [1.29, 1.82) is 0 Å². The van der Waals surface area contributed by atoms with Crippen LogP contribution in [0.4, 0.5) is 0 Å². The van der Waals surface area contributed by atoms with E-state index in [-0.39, 0.29) is 0 Å². The van der Waals surface area contributed by atoms with Crippen molar-refractivity contribution in [2.24, 2.45) is 0 Å². The van der Waals surface area contributed by atoms with E-state index in [4.69, 9.17) is 4.42 Å². The maximum Gasteiger partial charge on any atom is 0.183 e. The van der Waals surface area contributed by atoms with Gasteiger partial charge in [0.2, 0.25) is 0 Å². The minimum absolute atomic E-state index is 0.547. The average molecular weight is 352 g/mol. The molecule has 5 heteroatoms. The van der Waals surface area contributed by atoms with Crippen molar-refractivity contribution in [3.63, 3.8) is 0 Å². The zero-order valence-electron chi connectivity index (χ0n) is 9.46. The van der Waals surface area contributed by atoms with Gasteiger partial charge in [-0.25, -0.2) is 0 Å². The third kappa shape index (κ3) is 3.09. The molecule has 2 heterocycles. The molecule has 0 saturated carbocycles. The second-order valence-electron chi connectivity index (χ2n) is 4.50. The lowest BCUT2D eigenvalue weighted by Crippen LogP contribution is -2.53. The molecule has 1 saturated heterocycles. The summed E-state index contributed by atoms with van der Waals surface area (Å²) >= 11 is 6.79. The number of nitrogens with one attached hydrogen (secondary N) is 1. The van der Waals surface area contributed by atoms with Gasteiger partial charge in [-0.3, -0.25) is 4.90 Å². The van der Waals surface area contributed by atoms with Crippen molar-refractivity contribution in [2.45, 2.75) is 32.5 Å². The fraction of sp³-hybridized carbons (Fsp3) is 0.636.